The zero-order valence-corrected chi connectivity index (χ0v) is 16.9. The average molecular weight is 430 g/mol. The van der Waals surface area contributed by atoms with Gasteiger partial charge in [-0.05, 0) is 55.5 Å². The van der Waals surface area contributed by atoms with Crippen molar-refractivity contribution in [3.05, 3.63) is 53.0 Å². The van der Waals surface area contributed by atoms with E-state index in [0.29, 0.717) is 12.2 Å². The fourth-order valence-corrected chi connectivity index (χ4v) is 3.45. The van der Waals surface area contributed by atoms with Gasteiger partial charge in [-0.25, -0.2) is 4.79 Å². The number of hydrogen-bond acceptors (Lipinski definition) is 4. The Labute approximate surface area is 168 Å². The number of hydrogen-bond donors (Lipinski definition) is 2. The van der Waals surface area contributed by atoms with E-state index in [1.807, 2.05) is 31.2 Å². The number of amides is 2. The first-order valence-electron chi connectivity index (χ1n) is 9.05. The summed E-state index contributed by atoms with van der Waals surface area (Å²) in [6, 6.07) is 15.9. The van der Waals surface area contributed by atoms with E-state index in [2.05, 4.69) is 55.3 Å². The van der Waals surface area contributed by atoms with Gasteiger partial charge in [-0.15, -0.1) is 0 Å². The summed E-state index contributed by atoms with van der Waals surface area (Å²) in [7, 11) is 0. The van der Waals surface area contributed by atoms with Crippen LogP contribution < -0.4 is 20.0 Å². The summed E-state index contributed by atoms with van der Waals surface area (Å²) >= 11 is 3.48. The number of anilines is 3. The normalized spacial score (nSPS) is 14.0. The highest BCUT2D eigenvalue weighted by atomic mass is 79.9. The van der Waals surface area contributed by atoms with Crippen LogP contribution in [0.2, 0.25) is 0 Å². The van der Waals surface area contributed by atoms with Crippen molar-refractivity contribution in [2.24, 2.45) is 0 Å². The van der Waals surface area contributed by atoms with Gasteiger partial charge in [-0.1, -0.05) is 15.9 Å². The number of carbonyl (C=O) groups excluding carboxylic acids is 1. The maximum atomic E-state index is 12.0. The highest BCUT2D eigenvalue weighted by Gasteiger charge is 2.18. The van der Waals surface area contributed by atoms with Gasteiger partial charge in [-0.2, -0.15) is 0 Å². The SMILES string of the molecule is CCNC(=O)N(C=N)c1ccc(N2CCN(c3ccc(Br)cc3)CC2)cc1. The summed E-state index contributed by atoms with van der Waals surface area (Å²) in [5.74, 6) is 0. The van der Waals surface area contributed by atoms with E-state index >= 15 is 0 Å². The fourth-order valence-electron chi connectivity index (χ4n) is 3.19. The summed E-state index contributed by atoms with van der Waals surface area (Å²) in [5, 5.41) is 10.2. The summed E-state index contributed by atoms with van der Waals surface area (Å²) in [6.45, 7) is 6.21. The maximum Gasteiger partial charge on any atom is 0.327 e. The first kappa shape index (κ1) is 19.2. The lowest BCUT2D eigenvalue weighted by Gasteiger charge is -2.37. The number of halogens is 1. The maximum absolute atomic E-state index is 12.0. The Morgan fingerprint density at radius 2 is 1.52 bits per heavy atom. The molecule has 1 aliphatic heterocycles. The van der Waals surface area contributed by atoms with Gasteiger partial charge in [0.15, 0.2) is 0 Å². The number of rotatable bonds is 5. The molecule has 0 aliphatic carbocycles. The molecule has 0 unspecified atom stereocenters. The molecular formula is C20H24BrN5O. The van der Waals surface area contributed by atoms with Crippen LogP contribution >= 0.6 is 15.9 Å². The Hall–Kier alpha value is -2.54. The minimum atomic E-state index is -0.289. The van der Waals surface area contributed by atoms with Crippen molar-refractivity contribution in [2.75, 3.05) is 47.4 Å². The van der Waals surface area contributed by atoms with Gasteiger partial charge in [0, 0.05) is 48.6 Å². The van der Waals surface area contributed by atoms with Crippen molar-refractivity contribution < 1.29 is 4.79 Å². The van der Waals surface area contributed by atoms with Gasteiger partial charge in [-0.3, -0.25) is 10.3 Å². The third-order valence-corrected chi connectivity index (χ3v) is 5.17. The molecule has 1 saturated heterocycles. The second-order valence-corrected chi connectivity index (χ2v) is 7.22. The molecule has 0 spiro atoms. The Morgan fingerprint density at radius 3 is 1.96 bits per heavy atom. The van der Waals surface area contributed by atoms with Crippen molar-refractivity contribution in [3.63, 3.8) is 0 Å². The van der Waals surface area contributed by atoms with E-state index in [-0.39, 0.29) is 6.03 Å². The first-order chi connectivity index (χ1) is 13.1. The van der Waals surface area contributed by atoms with Crippen molar-refractivity contribution in [1.29, 1.82) is 5.41 Å². The summed E-state index contributed by atoms with van der Waals surface area (Å²) in [4.78, 5) is 18.0. The van der Waals surface area contributed by atoms with Gasteiger partial charge in [0.25, 0.3) is 0 Å². The van der Waals surface area contributed by atoms with E-state index in [1.54, 1.807) is 0 Å². The number of carbonyl (C=O) groups is 1. The summed E-state index contributed by atoms with van der Waals surface area (Å²) in [5.41, 5.74) is 3.07. The van der Waals surface area contributed by atoms with E-state index in [1.165, 1.54) is 10.6 Å². The molecule has 27 heavy (non-hydrogen) atoms. The zero-order valence-electron chi connectivity index (χ0n) is 15.4. The van der Waals surface area contributed by atoms with Crippen molar-refractivity contribution >= 4 is 45.4 Å². The van der Waals surface area contributed by atoms with Gasteiger partial charge in [0.2, 0.25) is 0 Å². The molecule has 2 N–H and O–H groups in total. The molecule has 1 heterocycles. The topological polar surface area (TPSA) is 62.7 Å². The predicted molar refractivity (Wildman–Crippen MR) is 115 cm³/mol. The third kappa shape index (κ3) is 4.60. The summed E-state index contributed by atoms with van der Waals surface area (Å²) < 4.78 is 1.09. The zero-order chi connectivity index (χ0) is 19.2. The molecule has 1 aliphatic rings. The minimum Gasteiger partial charge on any atom is -0.368 e. The molecule has 142 valence electrons. The monoisotopic (exact) mass is 429 g/mol. The molecule has 3 rings (SSSR count). The number of nitrogens with one attached hydrogen (secondary N) is 2. The van der Waals surface area contributed by atoms with Crippen LogP contribution in [0.5, 0.6) is 0 Å². The van der Waals surface area contributed by atoms with E-state index in [4.69, 9.17) is 5.41 Å². The van der Waals surface area contributed by atoms with Crippen molar-refractivity contribution in [3.8, 4) is 0 Å². The van der Waals surface area contributed by atoms with Crippen LogP contribution in [-0.4, -0.2) is 45.1 Å². The lowest BCUT2D eigenvalue weighted by Crippen LogP contribution is -2.46. The van der Waals surface area contributed by atoms with Crippen molar-refractivity contribution in [1.82, 2.24) is 5.32 Å². The highest BCUT2D eigenvalue weighted by Crippen LogP contribution is 2.24. The van der Waals surface area contributed by atoms with Gasteiger partial charge in [0.1, 0.15) is 0 Å². The molecular weight excluding hydrogens is 406 g/mol. The molecule has 7 heteroatoms. The lowest BCUT2D eigenvalue weighted by atomic mass is 10.2. The quantitative estimate of drug-likeness (QED) is 0.559. The Balaban J connectivity index is 1.62. The average Bonchev–Trinajstić information content (AvgIpc) is 2.70. The van der Waals surface area contributed by atoms with Gasteiger partial charge >= 0.3 is 6.03 Å². The summed E-state index contributed by atoms with van der Waals surface area (Å²) in [6.07, 6.45) is 1.04. The Morgan fingerprint density at radius 1 is 1.04 bits per heavy atom. The van der Waals surface area contributed by atoms with Crippen LogP contribution in [0.25, 0.3) is 0 Å². The van der Waals surface area contributed by atoms with E-state index in [9.17, 15) is 4.79 Å². The van der Waals surface area contributed by atoms with Crippen LogP contribution in [0.1, 0.15) is 6.92 Å². The molecule has 2 aromatic rings. The molecule has 0 saturated carbocycles. The minimum absolute atomic E-state index is 0.289. The fraction of sp³-hybridized carbons (Fsp3) is 0.300. The third-order valence-electron chi connectivity index (χ3n) is 4.64. The highest BCUT2D eigenvalue weighted by molar-refractivity contribution is 9.10. The predicted octanol–water partition coefficient (Wildman–Crippen LogP) is 3.92. The number of nitrogens with zero attached hydrogens (tertiary/aromatic N) is 3. The number of piperazine rings is 1. The number of benzene rings is 2. The smallest absolute Gasteiger partial charge is 0.327 e. The lowest BCUT2D eigenvalue weighted by molar-refractivity contribution is 0.249. The molecule has 0 bridgehead atoms. The largest absolute Gasteiger partial charge is 0.368 e. The van der Waals surface area contributed by atoms with Crippen molar-refractivity contribution in [2.45, 2.75) is 6.92 Å². The second-order valence-electron chi connectivity index (χ2n) is 6.30. The molecule has 2 amide bonds. The molecule has 0 radical (unpaired) electrons. The van der Waals surface area contributed by atoms with Crippen LogP contribution in [0, 0.1) is 5.41 Å². The standard InChI is InChI=1S/C20H24BrN5O/c1-2-23-20(27)26(15-22)19-9-7-18(8-10-19)25-13-11-24(12-14-25)17-5-3-16(21)4-6-17/h3-10,15,22H,2,11-14H2,1H3,(H,23,27). The van der Waals surface area contributed by atoms with Crippen LogP contribution in [-0.2, 0) is 0 Å². The van der Waals surface area contributed by atoms with Crippen LogP contribution in [0.4, 0.5) is 21.9 Å². The van der Waals surface area contributed by atoms with E-state index in [0.717, 1.165) is 42.7 Å². The van der Waals surface area contributed by atoms with Gasteiger partial charge < -0.3 is 15.1 Å². The first-order valence-corrected chi connectivity index (χ1v) is 9.85. The molecule has 0 atom stereocenters. The Bertz CT molecular complexity index is 770. The molecule has 0 aromatic heterocycles. The Kier molecular flexibility index (Phi) is 6.34. The molecule has 6 nitrogen and oxygen atoms in total. The molecule has 2 aromatic carbocycles. The van der Waals surface area contributed by atoms with Crippen LogP contribution in [0.3, 0.4) is 0 Å². The molecule has 1 fully saturated rings. The van der Waals surface area contributed by atoms with Gasteiger partial charge in [0.05, 0.1) is 12.0 Å². The number of urea groups is 1. The second kappa shape index (κ2) is 8.90. The van der Waals surface area contributed by atoms with Crippen LogP contribution in [0.15, 0.2) is 53.0 Å². The van der Waals surface area contributed by atoms with E-state index < -0.39 is 0 Å².